The number of ether oxygens (including phenoxy) is 3. The predicted molar refractivity (Wildman–Crippen MR) is 156 cm³/mol. The number of esters is 1. The number of benzene rings is 3. The van der Waals surface area contributed by atoms with E-state index in [4.69, 9.17) is 14.2 Å². The molecule has 0 heterocycles. The molecular weight excluding hydrogens is 506 g/mol. The molecule has 3 rings (SSSR count). The number of hydrogen-bond acceptors (Lipinski definition) is 6. The highest BCUT2D eigenvalue weighted by Crippen LogP contribution is 2.31. The Morgan fingerprint density at radius 3 is 2.15 bits per heavy atom. The number of carbonyl (C=O) groups excluding carboxylic acids is 2. The maximum atomic E-state index is 14.1. The van der Waals surface area contributed by atoms with Crippen LogP contribution >= 0.6 is 0 Å². The Kier molecular flexibility index (Phi) is 10.9. The first-order valence-electron chi connectivity index (χ1n) is 13.3. The van der Waals surface area contributed by atoms with Gasteiger partial charge in [0.05, 0.1) is 6.61 Å². The minimum Gasteiger partial charge on any atom is -0.508 e. The number of phenols is 1. The summed E-state index contributed by atoms with van der Waals surface area (Å²) in [5, 5.41) is 10.2. The van der Waals surface area contributed by atoms with Crippen LogP contribution in [-0.4, -0.2) is 53.7 Å². The second-order valence-corrected chi connectivity index (χ2v) is 10.6. The Morgan fingerprint density at radius 2 is 1.52 bits per heavy atom. The van der Waals surface area contributed by atoms with Gasteiger partial charge in [-0.3, -0.25) is 4.90 Å². The number of aromatic hydroxyl groups is 1. The standard InChI is InChI=1S/C33H39NO6/c1-32(2,3)40-31(37)34(25-38-4)33(24-27-16-9-6-10-17-27,22-13-18-26-14-7-5-8-15-26)30(36)39-23-21-28-19-11-12-20-29(28)35/h5-20,35H,21-25H2,1-4H3/b18-13+. The predicted octanol–water partition coefficient (Wildman–Crippen LogP) is 6.40. The van der Waals surface area contributed by atoms with Crippen molar-refractivity contribution in [1.29, 1.82) is 0 Å². The van der Waals surface area contributed by atoms with Crippen molar-refractivity contribution >= 4 is 18.1 Å². The highest BCUT2D eigenvalue weighted by Gasteiger charge is 2.48. The molecule has 1 N–H and O–H groups in total. The first-order chi connectivity index (χ1) is 19.1. The molecule has 0 aliphatic carbocycles. The van der Waals surface area contributed by atoms with E-state index in [9.17, 15) is 14.7 Å². The third kappa shape index (κ3) is 8.71. The van der Waals surface area contributed by atoms with Crippen molar-refractivity contribution < 1.29 is 28.9 Å². The Labute approximate surface area is 237 Å². The molecule has 0 spiro atoms. The van der Waals surface area contributed by atoms with E-state index < -0.39 is 23.2 Å². The van der Waals surface area contributed by atoms with Crippen LogP contribution in [-0.2, 0) is 31.8 Å². The maximum Gasteiger partial charge on any atom is 0.413 e. The van der Waals surface area contributed by atoms with Gasteiger partial charge in [-0.15, -0.1) is 0 Å². The number of methoxy groups -OCH3 is 1. The summed E-state index contributed by atoms with van der Waals surface area (Å²) in [6.45, 7) is 5.15. The number of rotatable bonds is 12. The van der Waals surface area contributed by atoms with Crippen molar-refractivity contribution in [3.05, 3.63) is 108 Å². The number of nitrogens with zero attached hydrogens (tertiary/aromatic N) is 1. The molecule has 1 amide bonds. The topological polar surface area (TPSA) is 85.3 Å². The average molecular weight is 546 g/mol. The molecule has 212 valence electrons. The van der Waals surface area contributed by atoms with Crippen molar-refractivity contribution in [3.63, 3.8) is 0 Å². The summed E-state index contributed by atoms with van der Waals surface area (Å²) in [6, 6.07) is 26.1. The maximum absolute atomic E-state index is 14.1. The number of para-hydroxylation sites is 1. The Morgan fingerprint density at radius 1 is 0.900 bits per heavy atom. The molecule has 0 aliphatic heterocycles. The van der Waals surface area contributed by atoms with Crippen LogP contribution in [0.4, 0.5) is 4.79 Å². The van der Waals surface area contributed by atoms with E-state index in [2.05, 4.69) is 0 Å². The smallest absolute Gasteiger partial charge is 0.413 e. The van der Waals surface area contributed by atoms with Crippen molar-refractivity contribution in [3.8, 4) is 5.75 Å². The molecular formula is C33H39NO6. The lowest BCUT2D eigenvalue weighted by molar-refractivity contribution is -0.161. The first-order valence-corrected chi connectivity index (χ1v) is 13.3. The summed E-state index contributed by atoms with van der Waals surface area (Å²) < 4.78 is 17.1. The van der Waals surface area contributed by atoms with Crippen LogP contribution in [0.2, 0.25) is 0 Å². The molecule has 0 bridgehead atoms. The summed E-state index contributed by atoms with van der Waals surface area (Å²) >= 11 is 0. The van der Waals surface area contributed by atoms with Gasteiger partial charge in [-0.2, -0.15) is 0 Å². The van der Waals surface area contributed by atoms with Gasteiger partial charge >= 0.3 is 12.1 Å². The summed E-state index contributed by atoms with van der Waals surface area (Å²) in [6.07, 6.45) is 3.73. The van der Waals surface area contributed by atoms with Crippen molar-refractivity contribution in [2.24, 2.45) is 0 Å². The van der Waals surface area contributed by atoms with Gasteiger partial charge in [0.25, 0.3) is 0 Å². The zero-order valence-electron chi connectivity index (χ0n) is 23.7. The van der Waals surface area contributed by atoms with E-state index in [1.165, 1.54) is 12.0 Å². The third-order valence-electron chi connectivity index (χ3n) is 6.27. The van der Waals surface area contributed by atoms with Gasteiger partial charge in [-0.1, -0.05) is 91.0 Å². The summed E-state index contributed by atoms with van der Waals surface area (Å²) in [7, 11) is 1.47. The lowest BCUT2D eigenvalue weighted by atomic mass is 9.85. The van der Waals surface area contributed by atoms with Crippen LogP contribution in [0.3, 0.4) is 0 Å². The summed E-state index contributed by atoms with van der Waals surface area (Å²) in [5.41, 5.74) is 0.186. The number of phenolic OH excluding ortho intramolecular Hbond substituents is 1. The SMILES string of the molecule is COCN(C(=O)OC(C)(C)C)C(C/C=C/c1ccccc1)(Cc1ccccc1)C(=O)OCCc1ccccc1O. The quantitative estimate of drug-likeness (QED) is 0.209. The molecule has 0 saturated heterocycles. The summed E-state index contributed by atoms with van der Waals surface area (Å²) in [4.78, 5) is 29.1. The van der Waals surface area contributed by atoms with Crippen LogP contribution < -0.4 is 0 Å². The van der Waals surface area contributed by atoms with Gasteiger partial charge in [0.2, 0.25) is 0 Å². The largest absolute Gasteiger partial charge is 0.508 e. The molecule has 3 aromatic rings. The molecule has 1 unspecified atom stereocenters. The fourth-order valence-corrected chi connectivity index (χ4v) is 4.34. The highest BCUT2D eigenvalue weighted by molar-refractivity contribution is 5.87. The molecule has 7 nitrogen and oxygen atoms in total. The van der Waals surface area contributed by atoms with E-state index in [-0.39, 0.29) is 31.9 Å². The van der Waals surface area contributed by atoms with E-state index in [1.807, 2.05) is 78.9 Å². The minimum atomic E-state index is -1.48. The first kappa shape index (κ1) is 30.4. The van der Waals surface area contributed by atoms with Gasteiger partial charge in [0.15, 0.2) is 5.54 Å². The molecule has 40 heavy (non-hydrogen) atoms. The molecule has 3 aromatic carbocycles. The Hall–Kier alpha value is -4.10. The monoisotopic (exact) mass is 545 g/mol. The zero-order valence-corrected chi connectivity index (χ0v) is 23.7. The van der Waals surface area contributed by atoms with Crippen LogP contribution in [0.15, 0.2) is 91.0 Å². The summed E-state index contributed by atoms with van der Waals surface area (Å²) in [5.74, 6) is -0.456. The van der Waals surface area contributed by atoms with Gasteiger partial charge in [-0.25, -0.2) is 9.59 Å². The third-order valence-corrected chi connectivity index (χ3v) is 6.27. The van der Waals surface area contributed by atoms with Crippen LogP contribution in [0.5, 0.6) is 5.75 Å². The van der Waals surface area contributed by atoms with Crippen molar-refractivity contribution in [2.45, 2.75) is 51.2 Å². The molecule has 7 heteroatoms. The van der Waals surface area contributed by atoms with Crippen LogP contribution in [0.1, 0.15) is 43.9 Å². The molecule has 0 aromatic heterocycles. The molecule has 0 radical (unpaired) electrons. The number of hydrogen-bond donors (Lipinski definition) is 1. The normalized spacial score (nSPS) is 13.0. The average Bonchev–Trinajstić information content (AvgIpc) is 2.92. The zero-order chi connectivity index (χ0) is 29.0. The second-order valence-electron chi connectivity index (χ2n) is 10.6. The van der Waals surface area contributed by atoms with Crippen molar-refractivity contribution in [2.75, 3.05) is 20.4 Å². The minimum absolute atomic E-state index is 0.0183. The van der Waals surface area contributed by atoms with E-state index >= 15 is 0 Å². The van der Waals surface area contributed by atoms with Gasteiger partial charge in [0, 0.05) is 26.4 Å². The van der Waals surface area contributed by atoms with Crippen LogP contribution in [0, 0.1) is 0 Å². The molecule has 0 saturated carbocycles. The van der Waals surface area contributed by atoms with E-state index in [0.29, 0.717) is 12.0 Å². The molecule has 0 aliphatic rings. The number of amides is 1. The lowest BCUT2D eigenvalue weighted by Gasteiger charge is -2.41. The Balaban J connectivity index is 2.03. The van der Waals surface area contributed by atoms with E-state index in [1.54, 1.807) is 39.0 Å². The number of carbonyl (C=O) groups is 2. The lowest BCUT2D eigenvalue weighted by Crippen LogP contribution is -2.60. The van der Waals surface area contributed by atoms with Gasteiger partial charge in [0.1, 0.15) is 18.1 Å². The molecule has 0 fully saturated rings. The van der Waals surface area contributed by atoms with E-state index in [0.717, 1.165) is 11.1 Å². The van der Waals surface area contributed by atoms with Crippen molar-refractivity contribution in [1.82, 2.24) is 4.90 Å². The second kappa shape index (κ2) is 14.3. The molecule has 1 atom stereocenters. The highest BCUT2D eigenvalue weighted by atomic mass is 16.6. The van der Waals surface area contributed by atoms with Gasteiger partial charge in [-0.05, 0) is 43.5 Å². The Bertz CT molecular complexity index is 1250. The van der Waals surface area contributed by atoms with Crippen LogP contribution in [0.25, 0.3) is 6.08 Å². The van der Waals surface area contributed by atoms with Gasteiger partial charge < -0.3 is 19.3 Å². The fourth-order valence-electron chi connectivity index (χ4n) is 4.34. The fraction of sp³-hybridized carbons (Fsp3) is 0.333.